The minimum Gasteiger partial charge on any atom is -0.282 e. The number of thiol groups is 1. The number of hydrogen-bond acceptors (Lipinski definition) is 5. The quantitative estimate of drug-likeness (QED) is 0.447. The number of carbonyl (C=O) groups excluding carboxylic acids is 4. The van der Waals surface area contributed by atoms with Crippen LogP contribution >= 0.6 is 12.6 Å². The molecule has 4 amide bonds. The van der Waals surface area contributed by atoms with E-state index in [1.807, 2.05) is 0 Å². The molecule has 6 nitrogen and oxygen atoms in total. The van der Waals surface area contributed by atoms with Crippen molar-refractivity contribution in [1.82, 2.24) is 9.80 Å². The lowest BCUT2D eigenvalue weighted by molar-refractivity contribution is -0.141. The Morgan fingerprint density at radius 3 is 1.85 bits per heavy atom. The predicted molar refractivity (Wildman–Crippen MR) is 73.8 cm³/mol. The summed E-state index contributed by atoms with van der Waals surface area (Å²) in [5.41, 5.74) is 0. The molecule has 0 aliphatic carbocycles. The van der Waals surface area contributed by atoms with E-state index in [9.17, 15) is 19.2 Å². The summed E-state index contributed by atoms with van der Waals surface area (Å²) < 4.78 is 0. The topological polar surface area (TPSA) is 74.8 Å². The van der Waals surface area contributed by atoms with Gasteiger partial charge in [0.05, 0.1) is 5.25 Å². The van der Waals surface area contributed by atoms with Crippen LogP contribution in [0.25, 0.3) is 0 Å². The molecule has 0 spiro atoms. The largest absolute Gasteiger partial charge is 0.282 e. The monoisotopic (exact) mass is 298 g/mol. The number of likely N-dealkylation sites (tertiary alicyclic amines) is 2. The van der Waals surface area contributed by atoms with Crippen LogP contribution in [-0.2, 0) is 19.2 Å². The molecule has 0 aromatic carbocycles. The van der Waals surface area contributed by atoms with Crippen molar-refractivity contribution in [2.24, 2.45) is 5.92 Å². The molecule has 0 bridgehead atoms. The average molecular weight is 298 g/mol. The van der Waals surface area contributed by atoms with Crippen molar-refractivity contribution >= 4 is 36.3 Å². The van der Waals surface area contributed by atoms with Gasteiger partial charge in [0, 0.05) is 31.8 Å². The van der Waals surface area contributed by atoms with Gasteiger partial charge in [0.2, 0.25) is 23.6 Å². The van der Waals surface area contributed by atoms with Gasteiger partial charge in [0.1, 0.15) is 0 Å². The number of hydrogen-bond donors (Lipinski definition) is 1. The van der Waals surface area contributed by atoms with E-state index in [1.54, 1.807) is 6.92 Å². The first-order valence-corrected chi connectivity index (χ1v) is 7.30. The van der Waals surface area contributed by atoms with Gasteiger partial charge in [0.15, 0.2) is 0 Å². The van der Waals surface area contributed by atoms with E-state index in [2.05, 4.69) is 12.6 Å². The highest BCUT2D eigenvalue weighted by Crippen LogP contribution is 2.20. The lowest BCUT2D eigenvalue weighted by atomic mass is 10.1. The molecular formula is C13H18N2O4S. The standard InChI is InChI=1S/C13H18N2O4S/c1-8-6-10(16)14(12(8)18)4-2-3-5-15-11(17)7-9(20)13(15)19/h8-9,20H,2-7H2,1H3. The van der Waals surface area contributed by atoms with Gasteiger partial charge in [-0.1, -0.05) is 6.92 Å². The normalized spacial score (nSPS) is 27.1. The Kier molecular flexibility index (Phi) is 4.47. The second kappa shape index (κ2) is 5.95. The smallest absolute Gasteiger partial charge is 0.242 e. The van der Waals surface area contributed by atoms with Crippen LogP contribution in [-0.4, -0.2) is 51.8 Å². The molecule has 0 aromatic rings. The number of rotatable bonds is 5. The van der Waals surface area contributed by atoms with Gasteiger partial charge in [-0.15, -0.1) is 0 Å². The summed E-state index contributed by atoms with van der Waals surface area (Å²) in [6.07, 6.45) is 1.62. The van der Waals surface area contributed by atoms with Crippen LogP contribution in [0.1, 0.15) is 32.6 Å². The average Bonchev–Trinajstić information content (AvgIpc) is 2.76. The first-order valence-electron chi connectivity index (χ1n) is 6.78. The maximum atomic E-state index is 11.7. The molecule has 2 fully saturated rings. The van der Waals surface area contributed by atoms with Crippen LogP contribution in [0.15, 0.2) is 0 Å². The lowest BCUT2D eigenvalue weighted by Gasteiger charge is -2.16. The molecule has 2 unspecified atom stereocenters. The Bertz CT molecular complexity index is 423. The second-order valence-electron chi connectivity index (χ2n) is 5.30. The molecule has 0 aromatic heterocycles. The van der Waals surface area contributed by atoms with E-state index in [0.717, 1.165) is 0 Å². The van der Waals surface area contributed by atoms with Crippen LogP contribution in [0, 0.1) is 5.92 Å². The lowest BCUT2D eigenvalue weighted by Crippen LogP contribution is -2.34. The van der Waals surface area contributed by atoms with E-state index in [0.29, 0.717) is 25.9 Å². The van der Waals surface area contributed by atoms with Crippen LogP contribution < -0.4 is 0 Å². The van der Waals surface area contributed by atoms with Gasteiger partial charge in [-0.3, -0.25) is 29.0 Å². The summed E-state index contributed by atoms with van der Waals surface area (Å²) in [6.45, 7) is 2.44. The van der Waals surface area contributed by atoms with Crippen LogP contribution in [0.3, 0.4) is 0 Å². The minimum atomic E-state index is -0.523. The van der Waals surface area contributed by atoms with Crippen molar-refractivity contribution in [3.05, 3.63) is 0 Å². The van der Waals surface area contributed by atoms with Crippen molar-refractivity contribution < 1.29 is 19.2 Å². The SMILES string of the molecule is CC1CC(=O)N(CCCCN2C(=O)CC(S)C2=O)C1=O. The molecule has 0 N–H and O–H groups in total. The molecule has 2 saturated heterocycles. The Balaban J connectivity index is 1.75. The van der Waals surface area contributed by atoms with Crippen molar-refractivity contribution in [2.45, 2.75) is 37.9 Å². The number of unbranched alkanes of at least 4 members (excludes halogenated alkanes) is 1. The summed E-state index contributed by atoms with van der Waals surface area (Å²) in [4.78, 5) is 48.9. The van der Waals surface area contributed by atoms with Crippen LogP contribution in [0.4, 0.5) is 0 Å². The van der Waals surface area contributed by atoms with Gasteiger partial charge >= 0.3 is 0 Å². The molecular weight excluding hydrogens is 280 g/mol. The molecule has 0 radical (unpaired) electrons. The fourth-order valence-corrected chi connectivity index (χ4v) is 2.82. The van der Waals surface area contributed by atoms with E-state index < -0.39 is 5.25 Å². The molecule has 2 aliphatic heterocycles. The summed E-state index contributed by atoms with van der Waals surface area (Å²) in [5, 5.41) is -0.523. The van der Waals surface area contributed by atoms with Gasteiger partial charge in [-0.25, -0.2) is 0 Å². The second-order valence-corrected chi connectivity index (χ2v) is 5.92. The molecule has 2 aliphatic rings. The third-order valence-electron chi connectivity index (χ3n) is 3.70. The fourth-order valence-electron chi connectivity index (χ4n) is 2.52. The first-order chi connectivity index (χ1) is 9.41. The van der Waals surface area contributed by atoms with Gasteiger partial charge in [0.25, 0.3) is 0 Å². The Labute approximate surface area is 122 Å². The summed E-state index contributed by atoms with van der Waals surface area (Å²) in [6, 6.07) is 0. The highest BCUT2D eigenvalue weighted by Gasteiger charge is 2.36. The zero-order valence-corrected chi connectivity index (χ0v) is 12.3. The highest BCUT2D eigenvalue weighted by atomic mass is 32.1. The molecule has 2 atom stereocenters. The summed E-state index contributed by atoms with van der Waals surface area (Å²) >= 11 is 4.05. The van der Waals surface area contributed by atoms with Crippen molar-refractivity contribution in [3.63, 3.8) is 0 Å². The highest BCUT2D eigenvalue weighted by molar-refractivity contribution is 7.81. The zero-order chi connectivity index (χ0) is 14.9. The molecule has 110 valence electrons. The predicted octanol–water partition coefficient (Wildman–Crippen LogP) is 0.219. The maximum absolute atomic E-state index is 11.7. The molecule has 0 saturated carbocycles. The van der Waals surface area contributed by atoms with Crippen molar-refractivity contribution in [3.8, 4) is 0 Å². The van der Waals surface area contributed by atoms with E-state index in [-0.39, 0.29) is 42.4 Å². The number of nitrogens with zero attached hydrogens (tertiary/aromatic N) is 2. The van der Waals surface area contributed by atoms with Gasteiger partial charge in [-0.2, -0.15) is 12.6 Å². The molecule has 2 rings (SSSR count). The minimum absolute atomic E-state index is 0.126. The third kappa shape index (κ3) is 2.87. The molecule has 7 heteroatoms. The van der Waals surface area contributed by atoms with Crippen LogP contribution in [0.5, 0.6) is 0 Å². The summed E-state index contributed by atoms with van der Waals surface area (Å²) in [5.74, 6) is -0.934. The van der Waals surface area contributed by atoms with Gasteiger partial charge < -0.3 is 0 Å². The van der Waals surface area contributed by atoms with Crippen molar-refractivity contribution in [1.29, 1.82) is 0 Å². The first kappa shape index (κ1) is 15.0. The summed E-state index contributed by atoms with van der Waals surface area (Å²) in [7, 11) is 0. The number of amides is 4. The molecule has 2 heterocycles. The molecule has 20 heavy (non-hydrogen) atoms. The fraction of sp³-hybridized carbons (Fsp3) is 0.692. The zero-order valence-electron chi connectivity index (χ0n) is 11.4. The van der Waals surface area contributed by atoms with Crippen LogP contribution in [0.2, 0.25) is 0 Å². The van der Waals surface area contributed by atoms with E-state index in [4.69, 9.17) is 0 Å². The Morgan fingerprint density at radius 1 is 0.950 bits per heavy atom. The Hall–Kier alpha value is -1.37. The van der Waals surface area contributed by atoms with Crippen molar-refractivity contribution in [2.75, 3.05) is 13.1 Å². The van der Waals surface area contributed by atoms with E-state index in [1.165, 1.54) is 9.80 Å². The maximum Gasteiger partial charge on any atom is 0.242 e. The third-order valence-corrected chi connectivity index (χ3v) is 4.11. The van der Waals surface area contributed by atoms with Gasteiger partial charge in [-0.05, 0) is 12.8 Å². The number of imide groups is 2. The number of carbonyl (C=O) groups is 4. The van der Waals surface area contributed by atoms with E-state index >= 15 is 0 Å². The Morgan fingerprint density at radius 2 is 1.45 bits per heavy atom.